The van der Waals surface area contributed by atoms with Crippen molar-refractivity contribution < 1.29 is 14.3 Å². The third-order valence-corrected chi connectivity index (χ3v) is 2.24. The van der Waals surface area contributed by atoms with E-state index in [-0.39, 0.29) is 5.91 Å². The summed E-state index contributed by atoms with van der Waals surface area (Å²) in [4.78, 5) is 23.9. The number of hydrogen-bond donors (Lipinski definition) is 1. The molecule has 2 N–H and O–H groups in total. The molecule has 2 amide bonds. The Morgan fingerprint density at radius 3 is 2.18 bits per heavy atom. The van der Waals surface area contributed by atoms with Crippen LogP contribution in [0.5, 0.6) is 5.75 Å². The molecule has 0 aliphatic rings. The lowest BCUT2D eigenvalue weighted by Gasteiger charge is -2.18. The Hall–Kier alpha value is -2.04. The molecule has 92 valence electrons. The summed E-state index contributed by atoms with van der Waals surface area (Å²) in [6.07, 6.45) is -0.565. The molecule has 1 aromatic carbocycles. The molecule has 1 rings (SSSR count). The van der Waals surface area contributed by atoms with Gasteiger partial charge in [0, 0.05) is 19.7 Å². The van der Waals surface area contributed by atoms with Crippen LogP contribution in [0.4, 0.5) is 0 Å². The molecule has 0 aliphatic heterocycles. The second-order valence-electron chi connectivity index (χ2n) is 3.88. The van der Waals surface area contributed by atoms with Crippen molar-refractivity contribution in [3.8, 4) is 5.75 Å². The van der Waals surface area contributed by atoms with E-state index in [2.05, 4.69) is 0 Å². The van der Waals surface area contributed by atoms with Crippen LogP contribution in [-0.4, -0.2) is 36.9 Å². The molecular formula is C12H16N2O3. The maximum atomic E-state index is 11.5. The third-order valence-electron chi connectivity index (χ3n) is 2.24. The molecule has 17 heavy (non-hydrogen) atoms. The molecule has 5 nitrogen and oxygen atoms in total. The summed E-state index contributed by atoms with van der Waals surface area (Å²) in [7, 11) is 3.33. The van der Waals surface area contributed by atoms with Gasteiger partial charge in [0.05, 0.1) is 0 Å². The van der Waals surface area contributed by atoms with Gasteiger partial charge in [0.1, 0.15) is 5.75 Å². The third kappa shape index (κ3) is 3.48. The molecule has 0 unspecified atom stereocenters. The minimum absolute atomic E-state index is 0.121. The lowest BCUT2D eigenvalue weighted by Crippen LogP contribution is -2.35. The predicted molar refractivity (Wildman–Crippen MR) is 63.7 cm³/mol. The Labute approximate surface area is 100 Å². The molecule has 1 aromatic rings. The van der Waals surface area contributed by atoms with Crippen molar-refractivity contribution in [2.75, 3.05) is 14.1 Å². The number of primary amides is 1. The van der Waals surface area contributed by atoms with E-state index in [1.165, 1.54) is 4.90 Å². The van der Waals surface area contributed by atoms with Gasteiger partial charge in [-0.25, -0.2) is 0 Å². The van der Waals surface area contributed by atoms with E-state index in [0.29, 0.717) is 11.3 Å². The highest BCUT2D eigenvalue weighted by Gasteiger charge is 2.16. The monoisotopic (exact) mass is 236 g/mol. The number of nitrogens with zero attached hydrogens (tertiary/aromatic N) is 1. The van der Waals surface area contributed by atoms with Gasteiger partial charge in [0.2, 0.25) is 5.91 Å². The number of ether oxygens (including phenoxy) is 1. The lowest BCUT2D eigenvalue weighted by molar-refractivity contribution is -0.135. The fourth-order valence-electron chi connectivity index (χ4n) is 1.32. The maximum absolute atomic E-state index is 11.5. The van der Waals surface area contributed by atoms with Crippen LogP contribution in [0.15, 0.2) is 24.3 Å². The van der Waals surface area contributed by atoms with E-state index in [1.54, 1.807) is 45.3 Å². The van der Waals surface area contributed by atoms with Crippen molar-refractivity contribution in [3.05, 3.63) is 29.8 Å². The van der Waals surface area contributed by atoms with E-state index >= 15 is 0 Å². The molecule has 0 saturated heterocycles. The normalized spacial score (nSPS) is 11.7. The quantitative estimate of drug-likeness (QED) is 0.833. The van der Waals surface area contributed by atoms with Gasteiger partial charge in [-0.3, -0.25) is 9.59 Å². The van der Waals surface area contributed by atoms with Crippen LogP contribution in [0.25, 0.3) is 0 Å². The molecular weight excluding hydrogens is 220 g/mol. The minimum Gasteiger partial charge on any atom is -0.481 e. The highest BCUT2D eigenvalue weighted by molar-refractivity contribution is 5.92. The molecule has 0 aromatic heterocycles. The van der Waals surface area contributed by atoms with Gasteiger partial charge < -0.3 is 15.4 Å². The van der Waals surface area contributed by atoms with Crippen molar-refractivity contribution in [3.63, 3.8) is 0 Å². The number of rotatable bonds is 4. The van der Waals surface area contributed by atoms with Crippen molar-refractivity contribution in [2.45, 2.75) is 13.0 Å². The molecule has 0 heterocycles. The zero-order valence-electron chi connectivity index (χ0n) is 10.1. The standard InChI is InChI=1S/C12H16N2O3/c1-8(12(16)14(2)3)17-10-6-4-9(5-7-10)11(13)15/h4-8H,1-3H3,(H2,13,15)/t8-/m1/s1. The zero-order valence-corrected chi connectivity index (χ0v) is 10.1. The SMILES string of the molecule is C[C@@H](Oc1ccc(C(N)=O)cc1)C(=O)N(C)C. The van der Waals surface area contributed by atoms with Gasteiger partial charge in [0.25, 0.3) is 5.91 Å². The van der Waals surface area contributed by atoms with E-state index in [4.69, 9.17) is 10.5 Å². The second kappa shape index (κ2) is 5.34. The highest BCUT2D eigenvalue weighted by Crippen LogP contribution is 2.14. The number of amides is 2. The topological polar surface area (TPSA) is 72.6 Å². The fourth-order valence-corrected chi connectivity index (χ4v) is 1.32. The average molecular weight is 236 g/mol. The lowest BCUT2D eigenvalue weighted by atomic mass is 10.2. The number of nitrogens with two attached hydrogens (primary N) is 1. The zero-order chi connectivity index (χ0) is 13.0. The van der Waals surface area contributed by atoms with E-state index in [0.717, 1.165) is 0 Å². The Balaban J connectivity index is 2.69. The fraction of sp³-hybridized carbons (Fsp3) is 0.333. The molecule has 5 heteroatoms. The Morgan fingerprint density at radius 1 is 1.24 bits per heavy atom. The molecule has 0 saturated carbocycles. The van der Waals surface area contributed by atoms with Crippen LogP contribution in [-0.2, 0) is 4.79 Å². The van der Waals surface area contributed by atoms with Crippen LogP contribution in [0.2, 0.25) is 0 Å². The first-order valence-electron chi connectivity index (χ1n) is 5.19. The van der Waals surface area contributed by atoms with Crippen molar-refractivity contribution in [2.24, 2.45) is 5.73 Å². The van der Waals surface area contributed by atoms with Crippen LogP contribution in [0.1, 0.15) is 17.3 Å². The Bertz CT molecular complexity index is 412. The van der Waals surface area contributed by atoms with E-state index in [9.17, 15) is 9.59 Å². The molecule has 1 atom stereocenters. The predicted octanol–water partition coefficient (Wildman–Crippen LogP) is 0.641. The first kappa shape index (κ1) is 13.0. The highest BCUT2D eigenvalue weighted by atomic mass is 16.5. The minimum atomic E-state index is -0.565. The largest absolute Gasteiger partial charge is 0.481 e. The van der Waals surface area contributed by atoms with Gasteiger partial charge in [0.15, 0.2) is 6.10 Å². The van der Waals surface area contributed by atoms with E-state index in [1.807, 2.05) is 0 Å². The Kier molecular flexibility index (Phi) is 4.09. The summed E-state index contributed by atoms with van der Waals surface area (Å²) in [6, 6.07) is 6.34. The van der Waals surface area contributed by atoms with Gasteiger partial charge in [-0.05, 0) is 31.2 Å². The molecule has 0 radical (unpaired) electrons. The number of carbonyl (C=O) groups excluding carboxylic acids is 2. The Morgan fingerprint density at radius 2 is 1.76 bits per heavy atom. The summed E-state index contributed by atoms with van der Waals surface area (Å²) >= 11 is 0. The van der Waals surface area contributed by atoms with Crippen LogP contribution < -0.4 is 10.5 Å². The molecule has 0 aliphatic carbocycles. The second-order valence-corrected chi connectivity index (χ2v) is 3.88. The molecule has 0 fully saturated rings. The summed E-state index contributed by atoms with van der Waals surface area (Å²) in [6.45, 7) is 1.67. The summed E-state index contributed by atoms with van der Waals surface area (Å²) in [5, 5.41) is 0. The van der Waals surface area contributed by atoms with Gasteiger partial charge in [-0.15, -0.1) is 0 Å². The van der Waals surface area contributed by atoms with Crippen molar-refractivity contribution >= 4 is 11.8 Å². The van der Waals surface area contributed by atoms with Crippen molar-refractivity contribution in [1.29, 1.82) is 0 Å². The molecule has 0 spiro atoms. The average Bonchev–Trinajstić information content (AvgIpc) is 2.28. The first-order chi connectivity index (χ1) is 7.91. The number of hydrogen-bond acceptors (Lipinski definition) is 3. The summed E-state index contributed by atoms with van der Waals surface area (Å²) in [5.41, 5.74) is 5.52. The molecule has 0 bridgehead atoms. The number of benzene rings is 1. The summed E-state index contributed by atoms with van der Waals surface area (Å²) < 4.78 is 5.43. The number of likely N-dealkylation sites (N-methyl/N-ethyl adjacent to an activating group) is 1. The summed E-state index contributed by atoms with van der Waals surface area (Å²) in [5.74, 6) is -0.0874. The van der Waals surface area contributed by atoms with Crippen LogP contribution in [0, 0.1) is 0 Å². The van der Waals surface area contributed by atoms with E-state index < -0.39 is 12.0 Å². The van der Waals surface area contributed by atoms with Crippen LogP contribution >= 0.6 is 0 Å². The van der Waals surface area contributed by atoms with Gasteiger partial charge in [-0.1, -0.05) is 0 Å². The van der Waals surface area contributed by atoms with Gasteiger partial charge in [-0.2, -0.15) is 0 Å². The van der Waals surface area contributed by atoms with Crippen molar-refractivity contribution in [1.82, 2.24) is 4.90 Å². The van der Waals surface area contributed by atoms with Gasteiger partial charge >= 0.3 is 0 Å². The smallest absolute Gasteiger partial charge is 0.262 e. The van der Waals surface area contributed by atoms with Crippen LogP contribution in [0.3, 0.4) is 0 Å². The number of carbonyl (C=O) groups is 2. The maximum Gasteiger partial charge on any atom is 0.262 e. The first-order valence-corrected chi connectivity index (χ1v) is 5.19.